The van der Waals surface area contributed by atoms with Crippen LogP contribution >= 0.6 is 0 Å². The van der Waals surface area contributed by atoms with Crippen LogP contribution in [-0.4, -0.2) is 51.2 Å². The highest BCUT2D eigenvalue weighted by atomic mass is 16.7. The van der Waals surface area contributed by atoms with Gasteiger partial charge in [-0.05, 0) is 19.4 Å². The Morgan fingerprint density at radius 2 is 2.35 bits per heavy atom. The molecule has 2 unspecified atom stereocenters. The van der Waals surface area contributed by atoms with E-state index >= 15 is 0 Å². The number of ether oxygens (including phenoxy) is 1. The zero-order valence-corrected chi connectivity index (χ0v) is 12.7. The summed E-state index contributed by atoms with van der Waals surface area (Å²) in [5.41, 5.74) is 8.59. The van der Waals surface area contributed by atoms with Crippen molar-refractivity contribution < 1.29 is 19.8 Å². The van der Waals surface area contributed by atoms with Gasteiger partial charge in [-0.2, -0.15) is 4.98 Å². The van der Waals surface area contributed by atoms with Crippen molar-refractivity contribution in [2.24, 2.45) is 5.73 Å². The molecule has 1 aromatic rings. The highest BCUT2D eigenvalue weighted by Crippen LogP contribution is 2.29. The lowest BCUT2D eigenvalue weighted by atomic mass is 10.0. The van der Waals surface area contributed by atoms with Crippen molar-refractivity contribution in [1.29, 1.82) is 0 Å². The Kier molecular flexibility index (Phi) is 4.93. The van der Waals surface area contributed by atoms with Crippen molar-refractivity contribution in [1.82, 2.24) is 9.55 Å². The van der Waals surface area contributed by atoms with Crippen LogP contribution in [0, 0.1) is 0 Å². The fraction of sp³-hybridized carbons (Fsp3) is 0.714. The largest absolute Gasteiger partial charge is 0.394 e. The van der Waals surface area contributed by atoms with Gasteiger partial charge in [0.05, 0.1) is 18.8 Å². The van der Waals surface area contributed by atoms with Crippen molar-refractivity contribution in [2.75, 3.05) is 18.6 Å². The molecule has 23 heavy (non-hydrogen) atoms. The SMILES string of the molecule is NCCCC1Cc2cn(C3C[C@H](O)[C@@H](CO)O3)c(=O)nc2NO1. The molecule has 128 valence electrons. The molecule has 3 heterocycles. The molecule has 4 atom stereocenters. The van der Waals surface area contributed by atoms with Crippen molar-refractivity contribution in [3.05, 3.63) is 22.2 Å². The molecule has 2 aliphatic heterocycles. The molecule has 1 saturated heterocycles. The third-order valence-electron chi connectivity index (χ3n) is 4.22. The monoisotopic (exact) mass is 326 g/mol. The lowest BCUT2D eigenvalue weighted by Gasteiger charge is -2.26. The molecule has 0 bridgehead atoms. The molecule has 1 fully saturated rings. The maximum atomic E-state index is 12.1. The first-order valence-corrected chi connectivity index (χ1v) is 7.80. The summed E-state index contributed by atoms with van der Waals surface area (Å²) in [6.45, 7) is 0.308. The van der Waals surface area contributed by atoms with Gasteiger partial charge in [0.1, 0.15) is 12.3 Å². The quantitative estimate of drug-likeness (QED) is 0.536. The second-order valence-electron chi connectivity index (χ2n) is 5.90. The molecule has 3 rings (SSSR count). The average molecular weight is 326 g/mol. The van der Waals surface area contributed by atoms with Crippen LogP contribution in [0.2, 0.25) is 0 Å². The number of aliphatic hydroxyl groups excluding tert-OH is 2. The summed E-state index contributed by atoms with van der Waals surface area (Å²) in [6, 6.07) is 0. The molecule has 2 aliphatic rings. The van der Waals surface area contributed by atoms with Gasteiger partial charge in [-0.25, -0.2) is 10.3 Å². The Labute approximate surface area is 133 Å². The number of nitrogens with zero attached hydrogens (tertiary/aromatic N) is 2. The summed E-state index contributed by atoms with van der Waals surface area (Å²) in [5, 5.41) is 19.0. The first kappa shape index (κ1) is 16.3. The normalized spacial score (nSPS) is 30.0. The highest BCUT2D eigenvalue weighted by molar-refractivity contribution is 5.42. The fourth-order valence-corrected chi connectivity index (χ4v) is 2.94. The van der Waals surface area contributed by atoms with E-state index < -0.39 is 24.1 Å². The number of aromatic nitrogens is 2. The Balaban J connectivity index is 1.80. The number of hydrogen-bond donors (Lipinski definition) is 4. The molecule has 9 nitrogen and oxygen atoms in total. The van der Waals surface area contributed by atoms with Crippen LogP contribution in [0.15, 0.2) is 11.0 Å². The van der Waals surface area contributed by atoms with Crippen LogP contribution in [0.1, 0.15) is 31.1 Å². The molecule has 0 radical (unpaired) electrons. The Hall–Kier alpha value is -1.52. The molecule has 5 N–H and O–H groups in total. The van der Waals surface area contributed by atoms with Gasteiger partial charge in [0, 0.05) is 24.6 Å². The number of aliphatic hydroxyl groups is 2. The van der Waals surface area contributed by atoms with E-state index in [2.05, 4.69) is 10.5 Å². The van der Waals surface area contributed by atoms with E-state index in [4.69, 9.17) is 20.4 Å². The molecule has 0 spiro atoms. The molecule has 0 saturated carbocycles. The maximum Gasteiger partial charge on any atom is 0.351 e. The lowest BCUT2D eigenvalue weighted by molar-refractivity contribution is -0.0460. The van der Waals surface area contributed by atoms with Gasteiger partial charge in [0.25, 0.3) is 0 Å². The second kappa shape index (κ2) is 6.93. The summed E-state index contributed by atoms with van der Waals surface area (Å²) in [4.78, 5) is 21.6. The zero-order chi connectivity index (χ0) is 16.4. The predicted molar refractivity (Wildman–Crippen MR) is 80.6 cm³/mol. The van der Waals surface area contributed by atoms with Crippen LogP contribution < -0.4 is 16.9 Å². The maximum absolute atomic E-state index is 12.1. The van der Waals surface area contributed by atoms with Crippen LogP contribution in [-0.2, 0) is 16.0 Å². The smallest absolute Gasteiger partial charge is 0.351 e. The number of hydrogen-bond acceptors (Lipinski definition) is 8. The van der Waals surface area contributed by atoms with Gasteiger partial charge in [0.15, 0.2) is 5.82 Å². The topological polar surface area (TPSA) is 132 Å². The minimum absolute atomic E-state index is 0.0286. The molecule has 1 aromatic heterocycles. The van der Waals surface area contributed by atoms with Crippen molar-refractivity contribution in [3.8, 4) is 0 Å². The first-order chi connectivity index (χ1) is 11.1. The summed E-state index contributed by atoms with van der Waals surface area (Å²) in [6.07, 6.45) is 2.08. The van der Waals surface area contributed by atoms with E-state index in [1.54, 1.807) is 6.20 Å². The molecular weight excluding hydrogens is 304 g/mol. The van der Waals surface area contributed by atoms with Gasteiger partial charge in [-0.15, -0.1) is 0 Å². The predicted octanol–water partition coefficient (Wildman–Crippen LogP) is -1.11. The standard InChI is InChI=1S/C14H22N4O5/c15-3-1-2-9-4-8-6-18(14(21)16-13(8)17-23-9)12-5-10(20)11(7-19)22-12/h6,9-12,19-20H,1-5,7,15H2,(H,16,17,21)/t9?,10-,11+,12?/m0/s1. The minimum atomic E-state index is -0.799. The number of nitrogens with two attached hydrogens (primary N) is 1. The summed E-state index contributed by atoms with van der Waals surface area (Å²) < 4.78 is 6.89. The van der Waals surface area contributed by atoms with Crippen LogP contribution in [0.3, 0.4) is 0 Å². The van der Waals surface area contributed by atoms with E-state index in [0.29, 0.717) is 18.8 Å². The van der Waals surface area contributed by atoms with E-state index in [1.165, 1.54) is 4.57 Å². The Morgan fingerprint density at radius 3 is 3.04 bits per heavy atom. The number of nitrogens with one attached hydrogen (secondary N) is 1. The lowest BCUT2D eigenvalue weighted by Crippen LogP contribution is -2.34. The van der Waals surface area contributed by atoms with E-state index in [-0.39, 0.29) is 19.1 Å². The summed E-state index contributed by atoms with van der Waals surface area (Å²) >= 11 is 0. The number of rotatable bonds is 5. The molecule has 0 aromatic carbocycles. The number of anilines is 1. The second-order valence-corrected chi connectivity index (χ2v) is 5.90. The zero-order valence-electron chi connectivity index (χ0n) is 12.7. The van der Waals surface area contributed by atoms with Crippen molar-refractivity contribution in [3.63, 3.8) is 0 Å². The molecular formula is C14H22N4O5. The van der Waals surface area contributed by atoms with Crippen molar-refractivity contribution >= 4 is 5.82 Å². The van der Waals surface area contributed by atoms with Gasteiger partial charge in [-0.3, -0.25) is 9.40 Å². The van der Waals surface area contributed by atoms with Gasteiger partial charge >= 0.3 is 5.69 Å². The van der Waals surface area contributed by atoms with E-state index in [0.717, 1.165) is 18.4 Å². The highest BCUT2D eigenvalue weighted by Gasteiger charge is 2.35. The Bertz CT molecular complexity index is 607. The molecule has 0 amide bonds. The number of fused-ring (bicyclic) bond motifs is 1. The first-order valence-electron chi connectivity index (χ1n) is 7.80. The average Bonchev–Trinajstić information content (AvgIpc) is 2.93. The summed E-state index contributed by atoms with van der Waals surface area (Å²) in [7, 11) is 0. The Morgan fingerprint density at radius 1 is 1.52 bits per heavy atom. The minimum Gasteiger partial charge on any atom is -0.394 e. The van der Waals surface area contributed by atoms with Gasteiger partial charge in [-0.1, -0.05) is 0 Å². The van der Waals surface area contributed by atoms with E-state index in [9.17, 15) is 9.90 Å². The van der Waals surface area contributed by atoms with Gasteiger partial charge in [0.2, 0.25) is 0 Å². The van der Waals surface area contributed by atoms with Gasteiger partial charge < -0.3 is 20.7 Å². The molecule has 9 heteroatoms. The van der Waals surface area contributed by atoms with E-state index in [1.807, 2.05) is 0 Å². The third kappa shape index (κ3) is 3.38. The van der Waals surface area contributed by atoms with Crippen LogP contribution in [0.4, 0.5) is 5.82 Å². The van der Waals surface area contributed by atoms with Crippen molar-refractivity contribution in [2.45, 2.75) is 50.2 Å². The third-order valence-corrected chi connectivity index (χ3v) is 4.22. The summed E-state index contributed by atoms with van der Waals surface area (Å²) in [5.74, 6) is 0.410. The van der Waals surface area contributed by atoms with Crippen LogP contribution in [0.25, 0.3) is 0 Å². The fourth-order valence-electron chi connectivity index (χ4n) is 2.94. The molecule has 0 aliphatic carbocycles. The van der Waals surface area contributed by atoms with Crippen LogP contribution in [0.5, 0.6) is 0 Å².